The second kappa shape index (κ2) is 35.6. The van der Waals surface area contributed by atoms with E-state index in [1.54, 1.807) is 6.08 Å². The molecule has 0 bridgehead atoms. The topological polar surface area (TPSA) is 224 Å². The summed E-state index contributed by atoms with van der Waals surface area (Å²) in [5.41, 5.74) is 9.06. The van der Waals surface area contributed by atoms with Crippen molar-refractivity contribution in [3.8, 4) is 0 Å². The zero-order valence-corrected chi connectivity index (χ0v) is 59.1. The quantitative estimate of drug-likeness (QED) is 0.0307. The first kappa shape index (κ1) is 79.1. The third-order valence-electron chi connectivity index (χ3n) is 18.6. The van der Waals surface area contributed by atoms with Gasteiger partial charge < -0.3 is 31.4 Å². The van der Waals surface area contributed by atoms with Gasteiger partial charge in [0.15, 0.2) is 17.2 Å². The summed E-state index contributed by atoms with van der Waals surface area (Å²) in [6.45, 7) is 49.2. The molecule has 1 aromatic rings. The molecule has 11 heterocycles. The number of carbonyl (C=O) groups excluding carboxylic acids is 1. The molecule has 0 aliphatic carbocycles. The first-order valence-electron chi connectivity index (χ1n) is 32.2. The van der Waals surface area contributed by atoms with Gasteiger partial charge in [0.25, 0.3) is 0 Å². The predicted octanol–water partition coefficient (Wildman–Crippen LogP) is 12.7. The molecule has 8 saturated heterocycles. The monoisotopic (exact) mass is 1270 g/mol. The van der Waals surface area contributed by atoms with E-state index in [0.29, 0.717) is 63.4 Å². The molecule has 1 aromatic heterocycles. The Kier molecular flexibility index (Phi) is 32.8. The van der Waals surface area contributed by atoms with Crippen LogP contribution in [-0.4, -0.2) is 173 Å². The van der Waals surface area contributed by atoms with Crippen molar-refractivity contribution >= 4 is 61.4 Å². The largest absolute Gasteiger partial charge is 0.870 e. The minimum Gasteiger partial charge on any atom is -0.870 e. The molecule has 8 N–H and O–H groups in total. The van der Waals surface area contributed by atoms with Crippen LogP contribution in [0.25, 0.3) is 0 Å². The predicted molar refractivity (Wildman–Crippen MR) is 359 cm³/mol. The Balaban J connectivity index is 0.000000346. The highest BCUT2D eigenvalue weighted by Gasteiger charge is 2.45. The molecular weight excluding hydrogens is 1150 g/mol. The summed E-state index contributed by atoms with van der Waals surface area (Å²) in [5, 5.41) is 22.4. The van der Waals surface area contributed by atoms with E-state index in [9.17, 15) is 9.18 Å². The van der Waals surface area contributed by atoms with Crippen molar-refractivity contribution in [1.82, 2.24) is 34.6 Å². The van der Waals surface area contributed by atoms with E-state index in [0.717, 1.165) is 76.1 Å². The number of nitrogens with one attached hydrogen (secondary N) is 3. The van der Waals surface area contributed by atoms with Crippen molar-refractivity contribution in [3.05, 3.63) is 42.3 Å². The number of fused-ring (bicyclic) bond motifs is 4. The van der Waals surface area contributed by atoms with Crippen LogP contribution in [0.15, 0.2) is 41.3 Å². The molecule has 6 atom stereocenters. The molecule has 11 rings (SSSR count). The number of aliphatic imine (C=N–C) groups is 1. The lowest BCUT2D eigenvalue weighted by Crippen LogP contribution is -2.79. The number of ketones is 1. The van der Waals surface area contributed by atoms with Crippen molar-refractivity contribution in [2.24, 2.45) is 15.9 Å². The Labute approximate surface area is 532 Å². The molecule has 10 aliphatic rings. The van der Waals surface area contributed by atoms with Crippen LogP contribution in [0.2, 0.25) is 24.9 Å². The van der Waals surface area contributed by atoms with Gasteiger partial charge in [0.1, 0.15) is 12.0 Å². The number of aromatic nitrogens is 2. The Morgan fingerprint density at radius 1 is 0.779 bits per heavy atom. The lowest BCUT2D eigenvalue weighted by Gasteiger charge is -2.42. The molecule has 0 radical (unpaired) electrons. The van der Waals surface area contributed by atoms with Crippen LogP contribution in [0.1, 0.15) is 225 Å². The third-order valence-corrected chi connectivity index (χ3v) is 19.7. The van der Waals surface area contributed by atoms with E-state index in [4.69, 9.17) is 32.2 Å². The number of nitrogens with two attached hydrogens (primary N) is 1. The smallest absolute Gasteiger partial charge is 0.242 e. The van der Waals surface area contributed by atoms with Crippen molar-refractivity contribution < 1.29 is 34.5 Å². The number of piperidine rings is 4. The van der Waals surface area contributed by atoms with Gasteiger partial charge in [-0.3, -0.25) is 29.4 Å². The molecule has 8 fully saturated rings. The summed E-state index contributed by atoms with van der Waals surface area (Å²) in [7, 11) is -1.41. The van der Waals surface area contributed by atoms with Gasteiger partial charge in [0.2, 0.25) is 13.6 Å². The van der Waals surface area contributed by atoms with Gasteiger partial charge in [0, 0.05) is 135 Å². The lowest BCUT2D eigenvalue weighted by molar-refractivity contribution is -0.530. The Morgan fingerprint density at radius 2 is 1.27 bits per heavy atom. The minimum atomic E-state index is -1.41. The summed E-state index contributed by atoms with van der Waals surface area (Å²) < 4.78 is 19.1. The zero-order valence-electron chi connectivity index (χ0n) is 56.6. The maximum atomic E-state index is 13.7. The Hall–Kier alpha value is -2.95. The SMILES string of the molecule is C=CC(=C)O[Si](C)(C)C.CC.CC1(C)CCC2C/C(=N/O)CCN21.CC1(C)CCC2CC(=O)CCN21.CC1(C)CCC2CC(N)CCN21.CC1(C)CCC2CC(Nc3nc(Cl)ncc3F)CCN21.CC1(C)CCC=N1.CC1(C)CCC=[NH+]1.ONCl.[OH-]. The molecule has 0 aromatic carbocycles. The number of oxime groups is 1. The summed E-state index contributed by atoms with van der Waals surface area (Å²) in [5.74, 6) is 0.937. The summed E-state index contributed by atoms with van der Waals surface area (Å²) in [6.07, 6.45) is 30.0. The number of hydrogen-bond donors (Lipinski definition) is 6. The Bertz CT molecular complexity index is 2290. The number of hydrogen-bond acceptors (Lipinski definition) is 16. The molecule has 86 heavy (non-hydrogen) atoms. The number of allylic oxidation sites excluding steroid dienone is 1. The first-order valence-corrected chi connectivity index (χ1v) is 36.3. The number of halogens is 3. The van der Waals surface area contributed by atoms with Crippen LogP contribution in [0.5, 0.6) is 0 Å². The fourth-order valence-electron chi connectivity index (χ4n) is 13.8. The number of carbonyl (C=O) groups is 1. The van der Waals surface area contributed by atoms with E-state index in [-0.39, 0.29) is 28.2 Å². The highest BCUT2D eigenvalue weighted by molar-refractivity contribution is 6.70. The van der Waals surface area contributed by atoms with E-state index in [1.165, 1.54) is 101 Å². The Morgan fingerprint density at radius 3 is 1.69 bits per heavy atom. The second-order valence-corrected chi connectivity index (χ2v) is 34.2. The highest BCUT2D eigenvalue weighted by atomic mass is 35.5. The average Bonchev–Trinajstić information content (AvgIpc) is 2.00. The molecule has 0 amide bonds. The van der Waals surface area contributed by atoms with E-state index < -0.39 is 14.1 Å². The standard InChI is InChI=1S/C14H20ClFN4.C10H18N2O.C10H20N2.C10H17NO.C7H14OSi.2C6H11N.C2H6.ClH2NO.H2O/c1-14(2)5-3-10-7-9(4-6-20(10)14)18-12-11(16)8-17-13(15)19-12;1-10(2)5-3-9-7-8(11-13)4-6-12(9)10;1-10(2)5-3-9-7-8(11)4-6-12(9)10;1-10(2)5-3-8-7-9(12)4-6-11(8)10;1-6-7(2)8-9(3,4)5;2*1-6(2)4-3-5-7-6;1-2;1-2-3;/h8-10H,3-7H2,1-2H3,(H,17,18,19);9,13H,3-7H2,1-2H3;8-9H,3-7,11H2,1-2H3;8H,3-7H2,1-2H3;6H,1-2H2,3-5H3;2*5H,3-4H2,1-2H3;1-2H3;2-3H;1H2/b;11-8+;;;;;;;;. The van der Waals surface area contributed by atoms with Gasteiger partial charge in [-0.05, 0) is 217 Å². The molecule has 10 aliphatic heterocycles. The molecule has 6 unspecified atom stereocenters. The number of nitrogens with zero attached hydrogens (tertiary/aromatic N) is 8. The van der Waals surface area contributed by atoms with Crippen molar-refractivity contribution in [2.75, 3.05) is 31.5 Å². The fourth-order valence-corrected chi connectivity index (χ4v) is 14.8. The lowest BCUT2D eigenvalue weighted by atomic mass is 9.97. The number of anilines is 1. The summed E-state index contributed by atoms with van der Waals surface area (Å²) >= 11 is 10.0. The van der Waals surface area contributed by atoms with Crippen molar-refractivity contribution in [2.45, 2.75) is 314 Å². The van der Waals surface area contributed by atoms with Crippen LogP contribution < -0.4 is 21.0 Å². The minimum absolute atomic E-state index is 0. The van der Waals surface area contributed by atoms with Gasteiger partial charge in [-0.1, -0.05) is 32.2 Å². The zero-order chi connectivity index (χ0) is 64.2. The van der Waals surface area contributed by atoms with Crippen molar-refractivity contribution in [1.29, 1.82) is 0 Å². The summed E-state index contributed by atoms with van der Waals surface area (Å²) in [4.78, 5) is 37.8. The average molecular weight is 1270 g/mol. The van der Waals surface area contributed by atoms with Crippen LogP contribution in [0, 0.1) is 5.82 Å². The van der Waals surface area contributed by atoms with Gasteiger partial charge in [-0.15, -0.1) is 5.00 Å². The van der Waals surface area contributed by atoms with Crippen LogP contribution >= 0.6 is 23.4 Å². The number of Topliss-reactive ketones (excluding diaryl/α,β-unsaturated/α-hetero) is 1. The van der Waals surface area contributed by atoms with Gasteiger partial charge >= 0.3 is 0 Å². The van der Waals surface area contributed by atoms with Crippen LogP contribution in [0.4, 0.5) is 10.2 Å². The summed E-state index contributed by atoms with van der Waals surface area (Å²) in [6, 6.07) is 3.32. The van der Waals surface area contributed by atoms with Crippen LogP contribution in [0.3, 0.4) is 0 Å². The molecule has 21 heteroatoms. The molecule has 0 spiro atoms. The molecule has 0 saturated carbocycles. The van der Waals surface area contributed by atoms with E-state index in [1.807, 2.05) is 20.1 Å². The third kappa shape index (κ3) is 26.1. The van der Waals surface area contributed by atoms with Gasteiger partial charge in [-0.25, -0.2) is 14.4 Å². The fraction of sp³-hybridized carbons (Fsp3) is 0.815. The van der Waals surface area contributed by atoms with Crippen LogP contribution in [-0.2, 0) is 9.22 Å². The van der Waals surface area contributed by atoms with E-state index >= 15 is 0 Å². The van der Waals surface area contributed by atoms with Gasteiger partial charge in [0.05, 0.1) is 23.2 Å². The highest BCUT2D eigenvalue weighted by Crippen LogP contribution is 2.41. The maximum Gasteiger partial charge on any atom is 0.242 e. The van der Waals surface area contributed by atoms with Crippen molar-refractivity contribution in [3.63, 3.8) is 0 Å². The second-order valence-electron chi connectivity index (χ2n) is 29.3. The molecular formula is C65H121Cl2FN12O5Si. The molecule has 17 nitrogen and oxygen atoms in total. The van der Waals surface area contributed by atoms with E-state index in [2.05, 4.69) is 184 Å². The van der Waals surface area contributed by atoms with Gasteiger partial charge in [-0.2, -0.15) is 4.98 Å². The maximum absolute atomic E-state index is 13.7. The molecule has 496 valence electrons. The normalized spacial score (nSPS) is 28.6. The number of rotatable bonds is 5. The first-order chi connectivity index (χ1) is 39.6.